The van der Waals surface area contributed by atoms with E-state index in [0.29, 0.717) is 29.8 Å². The summed E-state index contributed by atoms with van der Waals surface area (Å²) in [5.74, 6) is -0.588. The number of benzene rings is 2. The van der Waals surface area contributed by atoms with Crippen LogP contribution in [-0.4, -0.2) is 42.1 Å². The van der Waals surface area contributed by atoms with Crippen LogP contribution in [0.2, 0.25) is 0 Å². The van der Waals surface area contributed by atoms with Gasteiger partial charge >= 0.3 is 6.03 Å². The molecule has 3 rings (SSSR count). The zero-order valence-corrected chi connectivity index (χ0v) is 17.0. The molecule has 1 heterocycles. The van der Waals surface area contributed by atoms with Gasteiger partial charge in [-0.2, -0.15) is 0 Å². The number of anilines is 1. The predicted octanol–water partition coefficient (Wildman–Crippen LogP) is 3.98. The summed E-state index contributed by atoms with van der Waals surface area (Å²) >= 11 is 4.91. The molecule has 0 aromatic heterocycles. The van der Waals surface area contributed by atoms with Crippen molar-refractivity contribution in [3.05, 3.63) is 58.1 Å². The van der Waals surface area contributed by atoms with Gasteiger partial charge in [0.1, 0.15) is 0 Å². The summed E-state index contributed by atoms with van der Waals surface area (Å²) < 4.78 is 0.758. The Balaban J connectivity index is 1.47. The Kier molecular flexibility index (Phi) is 6.18. The summed E-state index contributed by atoms with van der Waals surface area (Å²) in [5.41, 5.74) is 1.54. The summed E-state index contributed by atoms with van der Waals surface area (Å²) in [6, 6.07) is 12.3. The molecule has 0 unspecified atom stereocenters. The van der Waals surface area contributed by atoms with Gasteiger partial charge in [-0.1, -0.05) is 22.0 Å². The Bertz CT molecular complexity index is 904. The van der Waals surface area contributed by atoms with E-state index in [1.54, 1.807) is 30.0 Å². The van der Waals surface area contributed by atoms with Crippen molar-refractivity contribution >= 4 is 51.2 Å². The Labute approximate surface area is 169 Å². The lowest BCUT2D eigenvalue weighted by Gasteiger charge is -2.14. The maximum absolute atomic E-state index is 12.4. The quantitative estimate of drug-likeness (QED) is 0.398. The van der Waals surface area contributed by atoms with Crippen molar-refractivity contribution in [2.75, 3.05) is 24.7 Å². The van der Waals surface area contributed by atoms with E-state index in [1.165, 1.54) is 4.90 Å². The second-order valence-corrected chi connectivity index (χ2v) is 7.71. The Morgan fingerprint density at radius 3 is 2.67 bits per heavy atom. The first-order chi connectivity index (χ1) is 13.0. The molecule has 8 heteroatoms. The van der Waals surface area contributed by atoms with E-state index in [2.05, 4.69) is 26.6 Å². The molecule has 0 saturated carbocycles. The summed E-state index contributed by atoms with van der Waals surface area (Å²) in [6.45, 7) is 0.608. The summed E-state index contributed by atoms with van der Waals surface area (Å²) in [7, 11) is 0. The maximum Gasteiger partial charge on any atom is 0.319 e. The third-order valence-electron chi connectivity index (χ3n) is 4.10. The number of urea groups is 1. The van der Waals surface area contributed by atoms with Crippen molar-refractivity contribution in [3.63, 3.8) is 0 Å². The van der Waals surface area contributed by atoms with Gasteiger partial charge in [-0.15, -0.1) is 11.8 Å². The largest absolute Gasteiger partial charge is 0.338 e. The van der Waals surface area contributed by atoms with Crippen molar-refractivity contribution in [1.82, 2.24) is 10.2 Å². The van der Waals surface area contributed by atoms with E-state index in [4.69, 9.17) is 0 Å². The van der Waals surface area contributed by atoms with Gasteiger partial charge < -0.3 is 10.6 Å². The average Bonchev–Trinajstić information content (AvgIpc) is 2.89. The minimum Gasteiger partial charge on any atom is -0.338 e. The molecule has 2 aromatic rings. The third kappa shape index (κ3) is 4.51. The third-order valence-corrected chi connectivity index (χ3v) is 5.32. The molecule has 6 nitrogen and oxygen atoms in total. The van der Waals surface area contributed by atoms with Crippen LogP contribution in [0.3, 0.4) is 0 Å². The number of hydrogen-bond donors (Lipinski definition) is 2. The Morgan fingerprint density at radius 1 is 1.11 bits per heavy atom. The van der Waals surface area contributed by atoms with E-state index >= 15 is 0 Å². The van der Waals surface area contributed by atoms with Crippen molar-refractivity contribution in [2.45, 2.75) is 11.3 Å². The molecule has 0 aliphatic carbocycles. The van der Waals surface area contributed by atoms with Crippen molar-refractivity contribution in [1.29, 1.82) is 0 Å². The van der Waals surface area contributed by atoms with Gasteiger partial charge in [-0.25, -0.2) is 4.79 Å². The monoisotopic (exact) mass is 447 g/mol. The Morgan fingerprint density at radius 2 is 1.89 bits per heavy atom. The summed E-state index contributed by atoms with van der Waals surface area (Å²) in [4.78, 5) is 39.0. The Hall–Kier alpha value is -2.32. The lowest BCUT2D eigenvalue weighted by Crippen LogP contribution is -2.35. The first-order valence-corrected chi connectivity index (χ1v) is 10.4. The standard InChI is InChI=1S/C19H18BrN3O3S/c1-27-14-5-2-4-13(11-14)22-19(26)21-8-3-9-23-17(24)15-7-6-12(20)10-16(15)18(23)25/h2,4-7,10-11H,3,8-9H2,1H3,(H2,21,22,26). The predicted molar refractivity (Wildman–Crippen MR) is 109 cm³/mol. The molecule has 140 valence electrons. The number of halogens is 1. The van der Waals surface area contributed by atoms with Gasteiger partial charge in [0.05, 0.1) is 11.1 Å². The number of nitrogens with one attached hydrogen (secondary N) is 2. The second-order valence-electron chi connectivity index (χ2n) is 5.92. The lowest BCUT2D eigenvalue weighted by molar-refractivity contribution is 0.0653. The van der Waals surface area contributed by atoms with Gasteiger partial charge in [0.25, 0.3) is 11.8 Å². The molecule has 0 saturated heterocycles. The normalized spacial score (nSPS) is 12.9. The van der Waals surface area contributed by atoms with Gasteiger partial charge in [0.2, 0.25) is 0 Å². The fourth-order valence-electron chi connectivity index (χ4n) is 2.78. The molecule has 0 bridgehead atoms. The van der Waals surface area contributed by atoms with Crippen LogP contribution in [0, 0.1) is 0 Å². The van der Waals surface area contributed by atoms with Gasteiger partial charge in [-0.05, 0) is 49.1 Å². The second kappa shape index (κ2) is 8.58. The first kappa shape index (κ1) is 19.4. The van der Waals surface area contributed by atoms with Crippen LogP contribution in [0.5, 0.6) is 0 Å². The average molecular weight is 448 g/mol. The SMILES string of the molecule is CSc1cccc(NC(=O)NCCCN2C(=O)c3ccc(Br)cc3C2=O)c1. The highest BCUT2D eigenvalue weighted by atomic mass is 79.9. The van der Waals surface area contributed by atoms with Crippen molar-refractivity contribution in [2.24, 2.45) is 0 Å². The van der Waals surface area contributed by atoms with E-state index < -0.39 is 0 Å². The van der Waals surface area contributed by atoms with Gasteiger partial charge in [0, 0.05) is 28.1 Å². The van der Waals surface area contributed by atoms with Gasteiger partial charge in [0.15, 0.2) is 0 Å². The molecular weight excluding hydrogens is 430 g/mol. The van der Waals surface area contributed by atoms with E-state index in [-0.39, 0.29) is 24.4 Å². The number of fused-ring (bicyclic) bond motifs is 1. The number of rotatable bonds is 6. The zero-order valence-electron chi connectivity index (χ0n) is 14.6. The number of nitrogens with zero attached hydrogens (tertiary/aromatic N) is 1. The molecule has 2 N–H and O–H groups in total. The van der Waals surface area contributed by atoms with Crippen LogP contribution in [0.4, 0.5) is 10.5 Å². The molecule has 1 aliphatic rings. The van der Waals surface area contributed by atoms with Crippen molar-refractivity contribution in [3.8, 4) is 0 Å². The fourth-order valence-corrected chi connectivity index (χ4v) is 3.60. The van der Waals surface area contributed by atoms with Crippen LogP contribution in [0.15, 0.2) is 51.8 Å². The smallest absolute Gasteiger partial charge is 0.319 e. The molecule has 0 atom stereocenters. The maximum atomic E-state index is 12.4. The van der Waals surface area contributed by atoms with Crippen LogP contribution in [-0.2, 0) is 0 Å². The summed E-state index contributed by atoms with van der Waals surface area (Å²) in [6.07, 6.45) is 2.45. The van der Waals surface area contributed by atoms with Crippen LogP contribution in [0.1, 0.15) is 27.1 Å². The number of amides is 4. The van der Waals surface area contributed by atoms with Gasteiger partial charge in [-0.3, -0.25) is 14.5 Å². The molecule has 2 aromatic carbocycles. The number of thioether (sulfide) groups is 1. The molecule has 0 fully saturated rings. The molecule has 1 aliphatic heterocycles. The van der Waals surface area contributed by atoms with Crippen molar-refractivity contribution < 1.29 is 14.4 Å². The number of carbonyl (C=O) groups excluding carboxylic acids is 3. The molecule has 27 heavy (non-hydrogen) atoms. The fraction of sp³-hybridized carbons (Fsp3) is 0.211. The first-order valence-electron chi connectivity index (χ1n) is 8.34. The zero-order chi connectivity index (χ0) is 19.4. The topological polar surface area (TPSA) is 78.5 Å². The van der Waals surface area contributed by atoms with E-state index in [1.807, 2.05) is 30.5 Å². The highest BCUT2D eigenvalue weighted by molar-refractivity contribution is 9.10. The number of imide groups is 1. The summed E-state index contributed by atoms with van der Waals surface area (Å²) in [5, 5.41) is 5.51. The molecule has 4 amide bonds. The van der Waals surface area contributed by atoms with E-state index in [9.17, 15) is 14.4 Å². The minimum absolute atomic E-state index is 0.256. The van der Waals surface area contributed by atoms with E-state index in [0.717, 1.165) is 9.37 Å². The van der Waals surface area contributed by atoms with Crippen LogP contribution in [0.25, 0.3) is 0 Å². The molecule has 0 spiro atoms. The number of hydrogen-bond acceptors (Lipinski definition) is 4. The highest BCUT2D eigenvalue weighted by Crippen LogP contribution is 2.26. The molecular formula is C19H18BrN3O3S. The van der Waals surface area contributed by atoms with Crippen LogP contribution >= 0.6 is 27.7 Å². The lowest BCUT2D eigenvalue weighted by atomic mass is 10.1. The number of carbonyl (C=O) groups is 3. The molecule has 0 radical (unpaired) electrons. The highest BCUT2D eigenvalue weighted by Gasteiger charge is 2.34. The minimum atomic E-state index is -0.320. The van der Waals surface area contributed by atoms with Crippen LogP contribution < -0.4 is 10.6 Å².